The molecule has 4 aromatic rings. The number of benzene rings is 2. The summed E-state index contributed by atoms with van der Waals surface area (Å²) in [5.41, 5.74) is 3.15. The van der Waals surface area contributed by atoms with Gasteiger partial charge in [0.2, 0.25) is 0 Å². The smallest absolute Gasteiger partial charge is 0.410 e. The number of rotatable bonds is 7. The van der Waals surface area contributed by atoms with Gasteiger partial charge in [0.25, 0.3) is 5.91 Å². The highest BCUT2D eigenvalue weighted by molar-refractivity contribution is 7.14. The number of thiazole rings is 1. The molecule has 2 amide bonds. The number of nitrogens with zero attached hydrogens (tertiary/aromatic N) is 4. The van der Waals surface area contributed by atoms with Crippen molar-refractivity contribution in [2.45, 2.75) is 26.4 Å². The normalized spacial score (nSPS) is 13.6. The Morgan fingerprint density at radius 2 is 1.76 bits per heavy atom. The number of para-hydroxylation sites is 2. The minimum atomic E-state index is -0.533. The first kappa shape index (κ1) is 28.0. The van der Waals surface area contributed by atoms with Gasteiger partial charge < -0.3 is 29.9 Å². The van der Waals surface area contributed by atoms with E-state index >= 15 is 0 Å². The predicted octanol–water partition coefficient (Wildman–Crippen LogP) is 5.59. The largest absolute Gasteiger partial charge is 0.497 e. The maximum atomic E-state index is 13.1. The van der Waals surface area contributed by atoms with Gasteiger partial charge in [-0.25, -0.2) is 9.78 Å². The second kappa shape index (κ2) is 11.9. The number of piperazine rings is 1. The van der Waals surface area contributed by atoms with Gasteiger partial charge in [-0.1, -0.05) is 12.1 Å². The van der Waals surface area contributed by atoms with Crippen molar-refractivity contribution < 1.29 is 19.1 Å². The fraction of sp³-hybridized carbons (Fsp3) is 0.310. The fourth-order valence-corrected chi connectivity index (χ4v) is 5.04. The summed E-state index contributed by atoms with van der Waals surface area (Å²) in [5.74, 6) is 1.06. The highest BCUT2D eigenvalue weighted by Crippen LogP contribution is 2.29. The number of aromatic amines is 1. The average molecular weight is 576 g/mol. The van der Waals surface area contributed by atoms with Gasteiger partial charge in [0.05, 0.1) is 24.2 Å². The first-order chi connectivity index (χ1) is 19.7. The Labute approximate surface area is 242 Å². The van der Waals surface area contributed by atoms with Crippen LogP contribution in [0.1, 0.15) is 31.3 Å². The van der Waals surface area contributed by atoms with E-state index in [0.717, 1.165) is 22.7 Å². The van der Waals surface area contributed by atoms with Crippen molar-refractivity contribution in [1.29, 1.82) is 0 Å². The fourth-order valence-electron chi connectivity index (χ4n) is 4.35. The van der Waals surface area contributed by atoms with Crippen LogP contribution >= 0.6 is 11.3 Å². The highest BCUT2D eigenvalue weighted by atomic mass is 32.1. The van der Waals surface area contributed by atoms with E-state index in [0.29, 0.717) is 48.5 Å². The molecule has 41 heavy (non-hydrogen) atoms. The molecule has 0 atom stereocenters. The number of hydrogen-bond donors (Lipinski definition) is 3. The van der Waals surface area contributed by atoms with Gasteiger partial charge in [-0.3, -0.25) is 9.89 Å². The molecule has 1 fully saturated rings. The Morgan fingerprint density at radius 3 is 2.46 bits per heavy atom. The number of hydrogen-bond acceptors (Lipinski definition) is 9. The van der Waals surface area contributed by atoms with Gasteiger partial charge in [0, 0.05) is 37.6 Å². The van der Waals surface area contributed by atoms with Crippen molar-refractivity contribution in [3.8, 4) is 17.0 Å². The first-order valence-electron chi connectivity index (χ1n) is 13.2. The van der Waals surface area contributed by atoms with Crippen LogP contribution < -0.4 is 20.3 Å². The minimum absolute atomic E-state index is 0.299. The lowest BCUT2D eigenvalue weighted by Gasteiger charge is -2.37. The SMILES string of the molecule is COc1ccc(-c2cc(Nc3nc(C(=O)Nc4ccccc4N4CCN(C(=O)OC(C)(C)C)CC4)cs3)n[nH]2)cc1. The minimum Gasteiger partial charge on any atom is -0.497 e. The molecule has 1 aliphatic rings. The number of aromatic nitrogens is 3. The van der Waals surface area contributed by atoms with E-state index in [-0.39, 0.29) is 12.0 Å². The number of nitrogens with one attached hydrogen (secondary N) is 3. The lowest BCUT2D eigenvalue weighted by molar-refractivity contribution is 0.0240. The molecule has 5 rings (SSSR count). The number of anilines is 4. The number of carbonyl (C=O) groups excluding carboxylic acids is 2. The van der Waals surface area contributed by atoms with Crippen LogP contribution in [0.4, 0.5) is 27.1 Å². The third kappa shape index (κ3) is 6.95. The molecule has 1 aliphatic heterocycles. The Morgan fingerprint density at radius 1 is 1.02 bits per heavy atom. The highest BCUT2D eigenvalue weighted by Gasteiger charge is 2.27. The zero-order chi connectivity index (χ0) is 29.0. The van der Waals surface area contributed by atoms with Crippen LogP contribution in [0.2, 0.25) is 0 Å². The van der Waals surface area contributed by atoms with Crippen LogP contribution in [0.3, 0.4) is 0 Å². The van der Waals surface area contributed by atoms with Crippen LogP contribution in [-0.4, -0.2) is 71.0 Å². The van der Waals surface area contributed by atoms with E-state index in [9.17, 15) is 9.59 Å². The molecule has 0 radical (unpaired) electrons. The molecule has 2 aromatic carbocycles. The van der Waals surface area contributed by atoms with E-state index in [1.54, 1.807) is 17.4 Å². The number of methoxy groups -OCH3 is 1. The Kier molecular flexibility index (Phi) is 8.11. The van der Waals surface area contributed by atoms with E-state index in [2.05, 4.69) is 30.7 Å². The summed E-state index contributed by atoms with van der Waals surface area (Å²) in [6, 6.07) is 17.2. The van der Waals surface area contributed by atoms with Crippen LogP contribution in [0.5, 0.6) is 5.75 Å². The third-order valence-electron chi connectivity index (χ3n) is 6.38. The molecule has 0 aliphatic carbocycles. The average Bonchev–Trinajstić information content (AvgIpc) is 3.63. The molecule has 1 saturated heterocycles. The summed E-state index contributed by atoms with van der Waals surface area (Å²) in [6.07, 6.45) is -0.307. The van der Waals surface area contributed by atoms with E-state index < -0.39 is 5.60 Å². The zero-order valence-corrected chi connectivity index (χ0v) is 24.2. The number of ether oxygens (including phenoxy) is 2. The second-order valence-electron chi connectivity index (χ2n) is 10.5. The summed E-state index contributed by atoms with van der Waals surface area (Å²) in [4.78, 5) is 33.9. The Hall–Kier alpha value is -4.58. The maximum Gasteiger partial charge on any atom is 0.410 e. The quantitative estimate of drug-likeness (QED) is 0.260. The molecule has 214 valence electrons. The lowest BCUT2D eigenvalue weighted by atomic mass is 10.1. The molecule has 0 spiro atoms. The van der Waals surface area contributed by atoms with Crippen molar-refractivity contribution in [2.75, 3.05) is 48.8 Å². The molecular weight excluding hydrogens is 542 g/mol. The Balaban J connectivity index is 1.19. The van der Waals surface area contributed by atoms with Gasteiger partial charge >= 0.3 is 6.09 Å². The van der Waals surface area contributed by atoms with E-state index in [1.165, 1.54) is 11.3 Å². The topological polar surface area (TPSA) is 125 Å². The van der Waals surface area contributed by atoms with Crippen LogP contribution in [-0.2, 0) is 4.74 Å². The molecular formula is C29H33N7O4S. The zero-order valence-electron chi connectivity index (χ0n) is 23.4. The van der Waals surface area contributed by atoms with E-state index in [4.69, 9.17) is 9.47 Å². The van der Waals surface area contributed by atoms with Crippen molar-refractivity contribution in [1.82, 2.24) is 20.1 Å². The molecule has 3 N–H and O–H groups in total. The van der Waals surface area contributed by atoms with Crippen molar-refractivity contribution in [3.63, 3.8) is 0 Å². The van der Waals surface area contributed by atoms with Crippen LogP contribution in [0.25, 0.3) is 11.3 Å². The summed E-state index contributed by atoms with van der Waals surface area (Å²) in [5, 5.41) is 15.7. The molecule has 12 heteroatoms. The predicted molar refractivity (Wildman–Crippen MR) is 160 cm³/mol. The first-order valence-corrected chi connectivity index (χ1v) is 14.1. The summed E-state index contributed by atoms with van der Waals surface area (Å²) in [7, 11) is 1.63. The van der Waals surface area contributed by atoms with Crippen molar-refractivity contribution in [3.05, 3.63) is 65.7 Å². The van der Waals surface area contributed by atoms with Gasteiger partial charge in [-0.15, -0.1) is 11.3 Å². The van der Waals surface area contributed by atoms with Crippen LogP contribution in [0, 0.1) is 0 Å². The molecule has 0 saturated carbocycles. The molecule has 2 aromatic heterocycles. The monoisotopic (exact) mass is 575 g/mol. The van der Waals surface area contributed by atoms with Crippen molar-refractivity contribution >= 4 is 45.7 Å². The number of amides is 2. The third-order valence-corrected chi connectivity index (χ3v) is 7.13. The van der Waals surface area contributed by atoms with Gasteiger partial charge in [0.15, 0.2) is 10.9 Å². The van der Waals surface area contributed by atoms with Gasteiger partial charge in [0.1, 0.15) is 17.0 Å². The lowest BCUT2D eigenvalue weighted by Crippen LogP contribution is -2.50. The maximum absolute atomic E-state index is 13.1. The summed E-state index contributed by atoms with van der Waals surface area (Å²) >= 11 is 1.32. The number of carbonyl (C=O) groups is 2. The van der Waals surface area contributed by atoms with E-state index in [1.807, 2.05) is 75.4 Å². The molecule has 3 heterocycles. The summed E-state index contributed by atoms with van der Waals surface area (Å²) in [6.45, 7) is 7.89. The standard InChI is InChI=1S/C29H33N7O4S/c1-29(2,3)40-28(38)36-15-13-35(14-16-36)24-8-6-5-7-21(24)30-26(37)23-18-41-27(31-23)32-25-17-22(33-34-25)19-9-11-20(39-4)12-10-19/h5-12,17-18H,13-16H2,1-4H3,(H,30,37)(H2,31,32,33,34). The summed E-state index contributed by atoms with van der Waals surface area (Å²) < 4.78 is 10.7. The molecule has 11 nitrogen and oxygen atoms in total. The number of H-pyrrole nitrogens is 1. The van der Waals surface area contributed by atoms with Gasteiger partial charge in [-0.2, -0.15) is 5.10 Å². The van der Waals surface area contributed by atoms with Crippen LogP contribution in [0.15, 0.2) is 60.0 Å². The van der Waals surface area contributed by atoms with Crippen molar-refractivity contribution in [2.24, 2.45) is 0 Å². The molecule has 0 unspecified atom stereocenters. The Bertz CT molecular complexity index is 1500. The van der Waals surface area contributed by atoms with Gasteiger partial charge in [-0.05, 0) is 62.7 Å². The second-order valence-corrected chi connectivity index (χ2v) is 11.3. The molecule has 0 bridgehead atoms.